The van der Waals surface area contributed by atoms with Gasteiger partial charge in [0.2, 0.25) is 0 Å². The van der Waals surface area contributed by atoms with Crippen LogP contribution < -0.4 is 10.1 Å². The molecule has 2 rings (SSSR count). The van der Waals surface area contributed by atoms with E-state index < -0.39 is 0 Å². The fraction of sp³-hybridized carbons (Fsp3) is 0.647. The fourth-order valence-electron chi connectivity index (χ4n) is 3.11. The lowest BCUT2D eigenvalue weighted by Gasteiger charge is -2.27. The maximum atomic E-state index is 6.09. The molecule has 0 aromatic heterocycles. The van der Waals surface area contributed by atoms with Crippen LogP contribution >= 0.6 is 0 Å². The maximum absolute atomic E-state index is 6.09. The summed E-state index contributed by atoms with van der Waals surface area (Å²) in [4.78, 5) is 0. The van der Waals surface area contributed by atoms with Gasteiger partial charge in [0, 0.05) is 0 Å². The minimum Gasteiger partial charge on any atom is -0.496 e. The van der Waals surface area contributed by atoms with Gasteiger partial charge in [-0.25, -0.2) is 0 Å². The molecule has 3 nitrogen and oxygen atoms in total. The first-order valence-corrected chi connectivity index (χ1v) is 7.60. The molecule has 0 spiro atoms. The normalized spacial score (nSPS) is 23.9. The largest absolute Gasteiger partial charge is 0.496 e. The van der Waals surface area contributed by atoms with E-state index in [4.69, 9.17) is 9.47 Å². The van der Waals surface area contributed by atoms with Gasteiger partial charge in [-0.2, -0.15) is 0 Å². The monoisotopic (exact) mass is 277 g/mol. The maximum Gasteiger partial charge on any atom is 0.122 e. The van der Waals surface area contributed by atoms with E-state index in [1.807, 2.05) is 0 Å². The van der Waals surface area contributed by atoms with Crippen LogP contribution in [-0.2, 0) is 4.74 Å². The van der Waals surface area contributed by atoms with Crippen LogP contribution in [0.2, 0.25) is 0 Å². The number of methoxy groups -OCH3 is 1. The first kappa shape index (κ1) is 15.3. The Kier molecular flexibility index (Phi) is 5.06. The lowest BCUT2D eigenvalue weighted by Crippen LogP contribution is -2.32. The number of ether oxygens (including phenoxy) is 2. The van der Waals surface area contributed by atoms with Crippen LogP contribution in [0.25, 0.3) is 0 Å². The molecule has 1 fully saturated rings. The first-order chi connectivity index (χ1) is 9.56. The molecule has 112 valence electrons. The van der Waals surface area contributed by atoms with Crippen molar-refractivity contribution in [2.75, 3.05) is 13.7 Å². The molecule has 0 aliphatic carbocycles. The molecule has 0 bridgehead atoms. The van der Waals surface area contributed by atoms with Gasteiger partial charge in [0.25, 0.3) is 0 Å². The number of benzene rings is 1. The second-order valence-corrected chi connectivity index (χ2v) is 5.78. The quantitative estimate of drug-likeness (QED) is 0.893. The van der Waals surface area contributed by atoms with Crippen molar-refractivity contribution in [2.24, 2.45) is 0 Å². The average molecular weight is 277 g/mol. The smallest absolute Gasteiger partial charge is 0.122 e. The first-order valence-electron chi connectivity index (χ1n) is 7.60. The predicted molar refractivity (Wildman–Crippen MR) is 82.5 cm³/mol. The van der Waals surface area contributed by atoms with Crippen molar-refractivity contribution in [3.05, 3.63) is 28.8 Å². The van der Waals surface area contributed by atoms with Gasteiger partial charge in [-0.15, -0.1) is 0 Å². The second kappa shape index (κ2) is 6.59. The molecule has 3 unspecified atom stereocenters. The van der Waals surface area contributed by atoms with Crippen molar-refractivity contribution in [1.82, 2.24) is 5.32 Å². The molecule has 1 saturated heterocycles. The highest BCUT2D eigenvalue weighted by Gasteiger charge is 2.31. The van der Waals surface area contributed by atoms with Crippen molar-refractivity contribution in [1.29, 1.82) is 0 Å². The fourth-order valence-corrected chi connectivity index (χ4v) is 3.11. The van der Waals surface area contributed by atoms with Crippen molar-refractivity contribution < 1.29 is 9.47 Å². The van der Waals surface area contributed by atoms with Crippen LogP contribution in [0.15, 0.2) is 12.1 Å². The minimum absolute atomic E-state index is 0.273. The summed E-state index contributed by atoms with van der Waals surface area (Å²) in [5.74, 6) is 0.960. The van der Waals surface area contributed by atoms with Crippen LogP contribution in [0.1, 0.15) is 49.4 Å². The van der Waals surface area contributed by atoms with Gasteiger partial charge in [0.15, 0.2) is 0 Å². The Hall–Kier alpha value is -1.06. The topological polar surface area (TPSA) is 30.5 Å². The third kappa shape index (κ3) is 3.15. The molecule has 1 aromatic rings. The van der Waals surface area contributed by atoms with E-state index in [1.165, 1.54) is 16.7 Å². The van der Waals surface area contributed by atoms with Crippen LogP contribution in [0.3, 0.4) is 0 Å². The number of nitrogens with one attached hydrogen (secondary N) is 1. The summed E-state index contributed by atoms with van der Waals surface area (Å²) in [6, 6.07) is 4.65. The van der Waals surface area contributed by atoms with Crippen LogP contribution in [0.5, 0.6) is 5.75 Å². The number of hydrogen-bond donors (Lipinski definition) is 1. The summed E-state index contributed by atoms with van der Waals surface area (Å²) >= 11 is 0. The second-order valence-electron chi connectivity index (χ2n) is 5.78. The van der Waals surface area contributed by atoms with Crippen molar-refractivity contribution >= 4 is 0 Å². The lowest BCUT2D eigenvalue weighted by atomic mass is 9.93. The highest BCUT2D eigenvalue weighted by molar-refractivity contribution is 5.43. The van der Waals surface area contributed by atoms with E-state index in [0.717, 1.165) is 25.1 Å². The Bertz CT molecular complexity index is 459. The molecule has 1 N–H and O–H groups in total. The standard InChI is InChI=1S/C17H27NO2/c1-6-18-17(15-8-7-13(4)20-15)14-9-12(3)16(19-5)10-11(14)2/h9-10,13,15,17-18H,6-8H2,1-5H3. The zero-order valence-corrected chi connectivity index (χ0v) is 13.3. The lowest BCUT2D eigenvalue weighted by molar-refractivity contribution is 0.0318. The molecular formula is C17H27NO2. The average Bonchev–Trinajstić information content (AvgIpc) is 2.85. The molecule has 3 heteroatoms. The van der Waals surface area contributed by atoms with Gasteiger partial charge in [0.1, 0.15) is 5.75 Å². The Morgan fingerprint density at radius 2 is 2.05 bits per heavy atom. The molecule has 0 amide bonds. The van der Waals surface area contributed by atoms with E-state index >= 15 is 0 Å². The number of hydrogen-bond acceptors (Lipinski definition) is 3. The molecule has 0 saturated carbocycles. The summed E-state index contributed by atoms with van der Waals surface area (Å²) in [6.45, 7) is 9.51. The Balaban J connectivity index is 2.31. The van der Waals surface area contributed by atoms with Crippen LogP contribution in [0, 0.1) is 13.8 Å². The van der Waals surface area contributed by atoms with E-state index in [1.54, 1.807) is 7.11 Å². The van der Waals surface area contributed by atoms with Crippen molar-refractivity contribution in [2.45, 2.75) is 58.8 Å². The van der Waals surface area contributed by atoms with Crippen molar-refractivity contribution in [3.63, 3.8) is 0 Å². The zero-order chi connectivity index (χ0) is 14.7. The third-order valence-corrected chi connectivity index (χ3v) is 4.18. The number of likely N-dealkylation sites (N-methyl/N-ethyl adjacent to an activating group) is 1. The van der Waals surface area contributed by atoms with E-state index in [2.05, 4.69) is 45.1 Å². The van der Waals surface area contributed by atoms with Gasteiger partial charge >= 0.3 is 0 Å². The summed E-state index contributed by atoms with van der Waals surface area (Å²) in [5.41, 5.74) is 3.79. The van der Waals surface area contributed by atoms with E-state index in [0.29, 0.717) is 6.10 Å². The molecule has 1 aliphatic heterocycles. The molecule has 1 aromatic carbocycles. The summed E-state index contributed by atoms with van der Waals surface area (Å²) in [6.07, 6.45) is 2.93. The number of rotatable bonds is 5. The zero-order valence-electron chi connectivity index (χ0n) is 13.3. The Labute approximate surface area is 122 Å². The Morgan fingerprint density at radius 1 is 1.30 bits per heavy atom. The summed E-state index contributed by atoms with van der Waals surface area (Å²) < 4.78 is 11.5. The van der Waals surface area contributed by atoms with Gasteiger partial charge < -0.3 is 14.8 Å². The predicted octanol–water partition coefficient (Wildman–Crippen LogP) is 3.53. The molecule has 0 radical (unpaired) electrons. The van der Waals surface area contributed by atoms with Gasteiger partial charge in [-0.1, -0.05) is 13.0 Å². The van der Waals surface area contributed by atoms with E-state index in [9.17, 15) is 0 Å². The molecule has 20 heavy (non-hydrogen) atoms. The van der Waals surface area contributed by atoms with E-state index in [-0.39, 0.29) is 12.1 Å². The Morgan fingerprint density at radius 3 is 2.60 bits per heavy atom. The van der Waals surface area contributed by atoms with Crippen molar-refractivity contribution in [3.8, 4) is 5.75 Å². The van der Waals surface area contributed by atoms with Gasteiger partial charge in [-0.3, -0.25) is 0 Å². The highest BCUT2D eigenvalue weighted by Crippen LogP contribution is 2.34. The molecule has 1 heterocycles. The minimum atomic E-state index is 0.273. The highest BCUT2D eigenvalue weighted by atomic mass is 16.5. The van der Waals surface area contributed by atoms with Gasteiger partial charge in [-0.05, 0) is 62.9 Å². The van der Waals surface area contributed by atoms with Crippen LogP contribution in [-0.4, -0.2) is 25.9 Å². The third-order valence-electron chi connectivity index (χ3n) is 4.18. The molecular weight excluding hydrogens is 250 g/mol. The summed E-state index contributed by atoms with van der Waals surface area (Å²) in [5, 5.41) is 3.60. The number of aryl methyl sites for hydroxylation is 2. The molecule has 1 aliphatic rings. The molecule has 3 atom stereocenters. The SMILES string of the molecule is CCNC(c1cc(C)c(OC)cc1C)C1CCC(C)O1. The van der Waals surface area contributed by atoms with Crippen LogP contribution in [0.4, 0.5) is 0 Å². The van der Waals surface area contributed by atoms with Gasteiger partial charge in [0.05, 0.1) is 25.4 Å². The summed E-state index contributed by atoms with van der Waals surface area (Å²) in [7, 11) is 1.73.